The van der Waals surface area contributed by atoms with Crippen LogP contribution in [0, 0.1) is 10.8 Å². The van der Waals surface area contributed by atoms with Gasteiger partial charge in [0.1, 0.15) is 35.6 Å². The molecule has 2 fully saturated rings. The van der Waals surface area contributed by atoms with Crippen molar-refractivity contribution >= 4 is 29.8 Å². The van der Waals surface area contributed by atoms with Gasteiger partial charge in [-0.1, -0.05) is 62.4 Å². The molecule has 0 radical (unpaired) electrons. The molecule has 61 heavy (non-hydrogen) atoms. The van der Waals surface area contributed by atoms with E-state index >= 15 is 4.79 Å². The number of hydrogen-bond acceptors (Lipinski definition) is 14. The van der Waals surface area contributed by atoms with Crippen molar-refractivity contribution in [3.05, 3.63) is 82.9 Å². The van der Waals surface area contributed by atoms with Gasteiger partial charge in [0, 0.05) is 45.8 Å². The minimum Gasteiger partial charge on any atom is -0.456 e. The van der Waals surface area contributed by atoms with Gasteiger partial charge >= 0.3 is 24.0 Å². The highest BCUT2D eigenvalue weighted by Crippen LogP contribution is 2.56. The van der Waals surface area contributed by atoms with Gasteiger partial charge in [0.2, 0.25) is 0 Å². The number of aliphatic hydroxyl groups is 2. The Bertz CT molecular complexity index is 1980. The number of Topliss-reactive ketones (excluding diaryl/α,β-unsaturated/α-hetero) is 1. The van der Waals surface area contributed by atoms with Gasteiger partial charge in [-0.2, -0.15) is 0 Å². The van der Waals surface area contributed by atoms with Crippen LogP contribution in [0.4, 0.5) is 4.79 Å². The third-order valence-corrected chi connectivity index (χ3v) is 12.6. The highest BCUT2D eigenvalue weighted by molar-refractivity contribution is 5.93. The number of ether oxygens (including phenoxy) is 7. The molecule has 1 unspecified atom stereocenters. The topological polar surface area (TPSA) is 202 Å². The monoisotopic (exact) mass is 851 g/mol. The van der Waals surface area contributed by atoms with Crippen molar-refractivity contribution in [3.63, 3.8) is 0 Å². The molecule has 2 aliphatic carbocycles. The van der Waals surface area contributed by atoms with Crippen molar-refractivity contribution in [3.8, 4) is 0 Å². The molecule has 15 nitrogen and oxygen atoms in total. The van der Waals surface area contributed by atoms with Crippen molar-refractivity contribution in [2.45, 2.75) is 141 Å². The van der Waals surface area contributed by atoms with Crippen molar-refractivity contribution in [1.82, 2.24) is 5.32 Å². The Morgan fingerprint density at radius 2 is 1.56 bits per heavy atom. The van der Waals surface area contributed by atoms with Gasteiger partial charge in [0.15, 0.2) is 17.5 Å². The van der Waals surface area contributed by atoms with E-state index in [9.17, 15) is 29.4 Å². The zero-order valence-corrected chi connectivity index (χ0v) is 36.9. The van der Waals surface area contributed by atoms with Crippen molar-refractivity contribution < 1.29 is 67.3 Å². The highest BCUT2D eigenvalue weighted by atomic mass is 16.6. The largest absolute Gasteiger partial charge is 0.456 e. The number of amides is 1. The molecule has 1 saturated heterocycles. The minimum atomic E-state index is -2.05. The second kappa shape index (κ2) is 18.0. The first-order chi connectivity index (χ1) is 28.4. The molecule has 1 saturated carbocycles. The lowest BCUT2D eigenvalue weighted by molar-refractivity contribution is -0.293. The van der Waals surface area contributed by atoms with Crippen LogP contribution in [0.5, 0.6) is 0 Å². The van der Waals surface area contributed by atoms with Gasteiger partial charge in [-0.25, -0.2) is 14.4 Å². The summed E-state index contributed by atoms with van der Waals surface area (Å²) < 4.78 is 41.1. The number of methoxy groups -OCH3 is 2. The molecule has 1 heterocycles. The Kier molecular flexibility index (Phi) is 14.0. The predicted octanol–water partition coefficient (Wildman–Crippen LogP) is 5.35. The molecule has 2 aromatic carbocycles. The first-order valence-electron chi connectivity index (χ1n) is 20.5. The van der Waals surface area contributed by atoms with Crippen LogP contribution in [0.2, 0.25) is 0 Å². The first kappa shape index (κ1) is 47.4. The van der Waals surface area contributed by atoms with E-state index in [1.807, 2.05) is 0 Å². The zero-order chi connectivity index (χ0) is 45.3. The molecule has 0 bridgehead atoms. The molecule has 0 spiro atoms. The molecule has 3 aliphatic rings. The van der Waals surface area contributed by atoms with E-state index in [1.165, 1.54) is 28.1 Å². The molecular weight excluding hydrogens is 790 g/mol. The van der Waals surface area contributed by atoms with Crippen molar-refractivity contribution in [1.29, 1.82) is 0 Å². The molecule has 15 heteroatoms. The van der Waals surface area contributed by atoms with Crippen molar-refractivity contribution in [2.75, 3.05) is 20.8 Å². The number of rotatable bonds is 14. The summed E-state index contributed by atoms with van der Waals surface area (Å²) in [6, 6.07) is 15.2. The highest BCUT2D eigenvalue weighted by Gasteiger charge is 2.66. The number of esters is 3. The molecule has 3 N–H and O–H groups in total. The van der Waals surface area contributed by atoms with E-state index < -0.39 is 100 Å². The standard InChI is InChI=1S/C46H61NO14/c1-26-31(59-40(52)36(49)35(29-18-14-12-15-19-29)47-41(53)61-42(4,5)6)23-46(54,27(2)58-39(51)30-20-16-13-17-21-30)43(7,8)34(26)37(56-11)38(50)44(9)24-45(60-28(3)48)25-57-33(45)22-32(44)55-10/h12-21,27,31-33,35-37,49,54H,22-25H2,1-11H3,(H,47,53)/t27?,31-,32-,33+,35-,36+,37+,44-,45-,46+/m0/s1. The lowest BCUT2D eigenvalue weighted by Crippen LogP contribution is -2.70. The number of alkyl carbamates (subject to hydrolysis) is 1. The summed E-state index contributed by atoms with van der Waals surface area (Å²) in [5.74, 6) is -2.88. The van der Waals surface area contributed by atoms with E-state index in [0.29, 0.717) is 11.1 Å². The zero-order valence-electron chi connectivity index (χ0n) is 36.9. The van der Waals surface area contributed by atoms with E-state index in [2.05, 4.69) is 5.32 Å². The van der Waals surface area contributed by atoms with Crippen LogP contribution in [0.25, 0.3) is 0 Å². The Hall–Kier alpha value is -4.67. The summed E-state index contributed by atoms with van der Waals surface area (Å²) in [5.41, 5.74) is -5.63. The molecule has 0 aromatic heterocycles. The van der Waals surface area contributed by atoms with E-state index in [0.717, 1.165) is 0 Å². The molecule has 10 atom stereocenters. The maximum atomic E-state index is 15.3. The Balaban J connectivity index is 1.58. The number of ketones is 1. The van der Waals surface area contributed by atoms with E-state index in [1.54, 1.807) is 109 Å². The van der Waals surface area contributed by atoms with Crippen LogP contribution < -0.4 is 5.32 Å². The Labute approximate surface area is 357 Å². The molecule has 334 valence electrons. The molecule has 1 amide bonds. The van der Waals surface area contributed by atoms with Crippen LogP contribution in [0.3, 0.4) is 0 Å². The fraction of sp³-hybridized carbons (Fsp3) is 0.587. The fourth-order valence-corrected chi connectivity index (χ4v) is 9.31. The van der Waals surface area contributed by atoms with Crippen molar-refractivity contribution in [2.24, 2.45) is 10.8 Å². The van der Waals surface area contributed by atoms with Gasteiger partial charge in [-0.05, 0) is 70.4 Å². The van der Waals surface area contributed by atoms with Crippen LogP contribution in [-0.4, -0.2) is 114 Å². The summed E-state index contributed by atoms with van der Waals surface area (Å²) in [4.78, 5) is 68.3. The fourth-order valence-electron chi connectivity index (χ4n) is 9.31. The van der Waals surface area contributed by atoms with E-state index in [-0.39, 0.29) is 37.0 Å². The van der Waals surface area contributed by atoms with Crippen LogP contribution in [-0.2, 0) is 47.5 Å². The second-order valence-corrected chi connectivity index (χ2v) is 18.2. The average Bonchev–Trinajstić information content (AvgIpc) is 3.19. The van der Waals surface area contributed by atoms with Gasteiger partial charge in [-0.15, -0.1) is 0 Å². The predicted molar refractivity (Wildman–Crippen MR) is 220 cm³/mol. The Morgan fingerprint density at radius 1 is 0.951 bits per heavy atom. The molecule has 5 rings (SSSR count). The quantitative estimate of drug-likeness (QED) is 0.125. The number of fused-ring (bicyclic) bond motifs is 1. The third-order valence-electron chi connectivity index (χ3n) is 12.6. The molecule has 1 aliphatic heterocycles. The van der Waals surface area contributed by atoms with Crippen LogP contribution in [0.1, 0.15) is 104 Å². The SMILES string of the molecule is CO[C@@H](C(=O)[C@@]1(C)C[C@]2(OC(C)=O)CO[C@@H]2C[C@@H]1OC)C1=C(C)[C@@H](OC(=O)[C@H](O)[C@@H](NC(=O)OC(C)(C)C)c2ccccc2)C[C@@](O)(C(C)OC(=O)c2ccccc2)C1(C)C. The molecule has 2 aromatic rings. The number of aliphatic hydroxyl groups excluding tert-OH is 1. The lowest BCUT2D eigenvalue weighted by atomic mass is 9.55. The lowest BCUT2D eigenvalue weighted by Gasteiger charge is -2.58. The second-order valence-electron chi connectivity index (χ2n) is 18.2. The van der Waals surface area contributed by atoms with Crippen LogP contribution >= 0.6 is 0 Å². The average molecular weight is 852 g/mol. The van der Waals surface area contributed by atoms with Gasteiger partial charge < -0.3 is 48.7 Å². The normalized spacial score (nSPS) is 29.0. The maximum absolute atomic E-state index is 15.3. The smallest absolute Gasteiger partial charge is 0.408 e. The summed E-state index contributed by atoms with van der Waals surface area (Å²) in [5, 5.41) is 27.3. The number of carbonyl (C=O) groups excluding carboxylic acids is 5. The maximum Gasteiger partial charge on any atom is 0.408 e. The Morgan fingerprint density at radius 3 is 2.08 bits per heavy atom. The summed E-state index contributed by atoms with van der Waals surface area (Å²) in [6.07, 6.45) is -8.17. The van der Waals surface area contributed by atoms with Gasteiger partial charge in [0.05, 0.1) is 29.7 Å². The number of carbonyl (C=O) groups is 5. The number of benzene rings is 2. The summed E-state index contributed by atoms with van der Waals surface area (Å²) >= 11 is 0. The van der Waals surface area contributed by atoms with Gasteiger partial charge in [-0.3, -0.25) is 9.59 Å². The van der Waals surface area contributed by atoms with Gasteiger partial charge in [0.25, 0.3) is 0 Å². The summed E-state index contributed by atoms with van der Waals surface area (Å²) in [6.45, 7) is 14.6. The third kappa shape index (κ3) is 9.41. The van der Waals surface area contributed by atoms with Crippen LogP contribution in [0.15, 0.2) is 71.8 Å². The molecular formula is C46H61NO14. The summed E-state index contributed by atoms with van der Waals surface area (Å²) in [7, 11) is 2.82. The number of hydrogen-bond donors (Lipinski definition) is 3. The first-order valence-corrected chi connectivity index (χ1v) is 20.5. The minimum absolute atomic E-state index is 0.0414. The number of nitrogens with one attached hydrogen (secondary N) is 1. The van der Waals surface area contributed by atoms with E-state index in [4.69, 9.17) is 33.2 Å².